The van der Waals surface area contributed by atoms with Crippen LogP contribution in [-0.2, 0) is 19.6 Å². The molecule has 258 valence electrons. The maximum atomic E-state index is 14.9. The summed E-state index contributed by atoms with van der Waals surface area (Å²) in [6, 6.07) is 18.4. The maximum Gasteiger partial charge on any atom is 0.347 e. The lowest BCUT2D eigenvalue weighted by molar-refractivity contribution is -0.154. The lowest BCUT2D eigenvalue weighted by Crippen LogP contribution is -2.39. The second kappa shape index (κ2) is 14.4. The van der Waals surface area contributed by atoms with Crippen LogP contribution in [0.15, 0.2) is 75.9 Å². The largest absolute Gasteiger partial charge is 0.497 e. The van der Waals surface area contributed by atoms with E-state index in [4.69, 9.17) is 13.9 Å². The molecule has 0 spiro atoms. The number of para-hydroxylation sites is 1. The zero-order valence-corrected chi connectivity index (χ0v) is 29.9. The molecule has 1 amide bonds. The molecule has 0 aliphatic heterocycles. The number of carbonyl (C=O) groups excluding carboxylic acids is 2. The van der Waals surface area contributed by atoms with E-state index in [1.807, 2.05) is 32.0 Å². The van der Waals surface area contributed by atoms with Crippen LogP contribution in [0.25, 0.3) is 31.8 Å². The van der Waals surface area contributed by atoms with Crippen LogP contribution < -0.4 is 19.6 Å². The Balaban J connectivity index is 1.71. The summed E-state index contributed by atoms with van der Waals surface area (Å²) in [6.07, 6.45) is -0.281. The highest BCUT2D eigenvalue weighted by Crippen LogP contribution is 2.37. The molecule has 2 heterocycles. The van der Waals surface area contributed by atoms with E-state index in [0.29, 0.717) is 28.7 Å². The number of sulfonamides is 1. The molecule has 11 nitrogen and oxygen atoms in total. The highest BCUT2D eigenvalue weighted by molar-refractivity contribution is 7.93. The number of benzene rings is 3. The second-order valence-electron chi connectivity index (χ2n) is 12.3. The molecule has 0 saturated heterocycles. The van der Waals surface area contributed by atoms with Gasteiger partial charge in [0.25, 0.3) is 5.91 Å². The van der Waals surface area contributed by atoms with Crippen molar-refractivity contribution in [1.29, 1.82) is 0 Å². The summed E-state index contributed by atoms with van der Waals surface area (Å²) in [5.41, 5.74) is -0.339. The van der Waals surface area contributed by atoms with Crippen molar-refractivity contribution in [3.05, 3.63) is 82.7 Å². The van der Waals surface area contributed by atoms with Crippen molar-refractivity contribution < 1.29 is 31.9 Å². The van der Waals surface area contributed by atoms with Gasteiger partial charge in [-0.3, -0.25) is 9.59 Å². The fraction of sp³-hybridized carbons (Fsp3) is 0.333. The summed E-state index contributed by atoms with van der Waals surface area (Å²) in [5.74, 6) is -1.63. The molecule has 0 atom stereocenters. The predicted octanol–water partition coefficient (Wildman–Crippen LogP) is 7.02. The number of ether oxygens (including phenoxy) is 2. The van der Waals surface area contributed by atoms with Crippen LogP contribution >= 0.6 is 11.3 Å². The maximum absolute atomic E-state index is 14.9. The van der Waals surface area contributed by atoms with Gasteiger partial charge < -0.3 is 18.8 Å². The van der Waals surface area contributed by atoms with Gasteiger partial charge in [-0.1, -0.05) is 12.1 Å². The highest BCUT2D eigenvalue weighted by Gasteiger charge is 2.35. The first-order valence-corrected chi connectivity index (χ1v) is 18.3. The number of hydrogen-bond acceptors (Lipinski definition) is 11. The average molecular weight is 706 g/mol. The number of carbonyl (C=O) groups is 2. The number of thiazole rings is 1. The van der Waals surface area contributed by atoms with Crippen molar-refractivity contribution in [2.75, 3.05) is 35.2 Å². The third-order valence-electron chi connectivity index (χ3n) is 7.71. The summed E-state index contributed by atoms with van der Waals surface area (Å²) in [6.45, 7) is 10.5. The Bertz CT molecular complexity index is 2130. The van der Waals surface area contributed by atoms with Crippen LogP contribution in [0.1, 0.15) is 57.8 Å². The number of hydrogen-bond donors (Lipinski definition) is 0. The smallest absolute Gasteiger partial charge is 0.347 e. The molecule has 13 heteroatoms. The molecule has 5 aromatic rings. The normalized spacial score (nSPS) is 11.9. The summed E-state index contributed by atoms with van der Waals surface area (Å²) in [4.78, 5) is 48.0. The van der Waals surface area contributed by atoms with Crippen LogP contribution in [0.3, 0.4) is 0 Å². The van der Waals surface area contributed by atoms with Crippen molar-refractivity contribution in [2.45, 2.75) is 53.1 Å². The Hall–Kier alpha value is -4.75. The monoisotopic (exact) mass is 705 g/mol. The van der Waals surface area contributed by atoms with Crippen LogP contribution in [0.4, 0.5) is 11.4 Å². The van der Waals surface area contributed by atoms with E-state index in [1.54, 1.807) is 45.0 Å². The molecule has 0 N–H and O–H groups in total. The standard InChI is InChI=1S/C36H39N3O8S2/c1-7-38(8-2)24-17-20-26-28(22-24)46-35(42)32(33-37-27-12-9-10-13-29(27)48-33)31(26)34(41)39(23-15-18-25(45-6)19-16-23)49(43,44)21-11-14-30(40)47-36(3,4)5/h9-10,12-13,15-20,22H,7-8,11,14,21H2,1-6H3. The molecule has 3 aromatic carbocycles. The Kier molecular flexibility index (Phi) is 10.4. The lowest BCUT2D eigenvalue weighted by atomic mass is 10.0. The van der Waals surface area contributed by atoms with E-state index in [-0.39, 0.29) is 45.6 Å². The molecule has 2 aromatic heterocycles. The molecule has 49 heavy (non-hydrogen) atoms. The minimum Gasteiger partial charge on any atom is -0.497 e. The first-order chi connectivity index (χ1) is 23.3. The zero-order valence-electron chi connectivity index (χ0n) is 28.3. The van der Waals surface area contributed by atoms with Gasteiger partial charge in [0.1, 0.15) is 27.5 Å². The Morgan fingerprint density at radius 3 is 2.27 bits per heavy atom. The third kappa shape index (κ3) is 7.78. The molecule has 0 bridgehead atoms. The Morgan fingerprint density at radius 1 is 0.959 bits per heavy atom. The first kappa shape index (κ1) is 35.6. The van der Waals surface area contributed by atoms with E-state index >= 15 is 0 Å². The van der Waals surface area contributed by atoms with Gasteiger partial charge in [0, 0.05) is 36.7 Å². The number of anilines is 2. The van der Waals surface area contributed by atoms with E-state index in [9.17, 15) is 22.8 Å². The van der Waals surface area contributed by atoms with Crippen molar-refractivity contribution in [3.63, 3.8) is 0 Å². The number of esters is 1. The average Bonchev–Trinajstić information content (AvgIpc) is 3.48. The van der Waals surface area contributed by atoms with Crippen molar-refractivity contribution in [2.24, 2.45) is 0 Å². The quantitative estimate of drug-likeness (QED) is 0.0984. The summed E-state index contributed by atoms with van der Waals surface area (Å²) < 4.78 is 46.3. The summed E-state index contributed by atoms with van der Waals surface area (Å²) in [7, 11) is -2.97. The zero-order chi connectivity index (χ0) is 35.5. The topological polar surface area (TPSA) is 136 Å². The van der Waals surface area contributed by atoms with E-state index in [2.05, 4.69) is 9.88 Å². The molecule has 0 saturated carbocycles. The van der Waals surface area contributed by atoms with Crippen molar-refractivity contribution in [1.82, 2.24) is 4.98 Å². The minimum atomic E-state index is -4.44. The molecule has 0 radical (unpaired) electrons. The van der Waals surface area contributed by atoms with Crippen molar-refractivity contribution >= 4 is 65.8 Å². The number of fused-ring (bicyclic) bond motifs is 2. The summed E-state index contributed by atoms with van der Waals surface area (Å²) >= 11 is 1.19. The van der Waals surface area contributed by atoms with Crippen LogP contribution in [0.5, 0.6) is 5.75 Å². The molecule has 5 rings (SSSR count). The fourth-order valence-electron chi connectivity index (χ4n) is 5.48. The first-order valence-electron chi connectivity index (χ1n) is 15.9. The SMILES string of the molecule is CCN(CC)c1ccc2c(C(=O)N(c3ccc(OC)cc3)S(=O)(=O)CCCC(=O)OC(C)(C)C)c(-c3nc4ccccc4s3)c(=O)oc2c1. The fourth-order valence-corrected chi connectivity index (χ4v) is 7.96. The van der Waals surface area contributed by atoms with Crippen LogP contribution in [0, 0.1) is 0 Å². The number of methoxy groups -OCH3 is 1. The van der Waals surface area contributed by atoms with Gasteiger partial charge in [-0.05, 0) is 89.6 Å². The van der Waals surface area contributed by atoms with Gasteiger partial charge in [0.05, 0.1) is 34.3 Å². The molecular weight excluding hydrogens is 667 g/mol. The third-order valence-corrected chi connectivity index (χ3v) is 10.5. The van der Waals surface area contributed by atoms with E-state index in [0.717, 1.165) is 10.4 Å². The second-order valence-corrected chi connectivity index (χ2v) is 15.2. The molecule has 0 aliphatic rings. The van der Waals surface area contributed by atoms with Gasteiger partial charge in [-0.2, -0.15) is 0 Å². The molecule has 0 aliphatic carbocycles. The Morgan fingerprint density at radius 2 is 1.63 bits per heavy atom. The number of amides is 1. The van der Waals surface area contributed by atoms with Gasteiger partial charge >= 0.3 is 11.6 Å². The molecular formula is C36H39N3O8S2. The van der Waals surface area contributed by atoms with Crippen molar-refractivity contribution in [3.8, 4) is 16.3 Å². The van der Waals surface area contributed by atoms with Gasteiger partial charge in [0.15, 0.2) is 0 Å². The number of nitrogens with zero attached hydrogens (tertiary/aromatic N) is 3. The molecule has 0 unspecified atom stereocenters. The highest BCUT2D eigenvalue weighted by atomic mass is 32.2. The van der Waals surface area contributed by atoms with Gasteiger partial charge in [-0.25, -0.2) is 22.5 Å². The van der Waals surface area contributed by atoms with Gasteiger partial charge in [-0.15, -0.1) is 11.3 Å². The van der Waals surface area contributed by atoms with Gasteiger partial charge in [0.2, 0.25) is 10.0 Å². The number of aromatic nitrogens is 1. The van der Waals surface area contributed by atoms with Crippen LogP contribution in [-0.4, -0.2) is 56.8 Å². The Labute approximate surface area is 289 Å². The lowest BCUT2D eigenvalue weighted by Gasteiger charge is -2.25. The van der Waals surface area contributed by atoms with E-state index < -0.39 is 38.9 Å². The van der Waals surface area contributed by atoms with Crippen LogP contribution in [0.2, 0.25) is 0 Å². The number of rotatable bonds is 12. The minimum absolute atomic E-state index is 0.0273. The van der Waals surface area contributed by atoms with E-state index in [1.165, 1.54) is 42.7 Å². The molecule has 0 fully saturated rings. The summed E-state index contributed by atoms with van der Waals surface area (Å²) in [5, 5.41) is 0.460. The predicted molar refractivity (Wildman–Crippen MR) is 193 cm³/mol.